The van der Waals surface area contributed by atoms with Crippen LogP contribution in [0, 0.1) is 13.8 Å². The Morgan fingerprint density at radius 2 is 1.79 bits per heavy atom. The van der Waals surface area contributed by atoms with Crippen LogP contribution in [0.5, 0.6) is 0 Å². The lowest BCUT2D eigenvalue weighted by atomic mass is 9.99. The molecule has 0 saturated heterocycles. The van der Waals surface area contributed by atoms with Gasteiger partial charge in [-0.25, -0.2) is 0 Å². The molecule has 1 aromatic carbocycles. The highest BCUT2D eigenvalue weighted by molar-refractivity contribution is 8.00. The molecular formula is C17H24OS. The highest BCUT2D eigenvalue weighted by Crippen LogP contribution is 2.28. The molecule has 0 spiro atoms. The van der Waals surface area contributed by atoms with Crippen LogP contribution < -0.4 is 0 Å². The number of thioether (sulfide) groups is 1. The zero-order valence-electron chi connectivity index (χ0n) is 12.1. The summed E-state index contributed by atoms with van der Waals surface area (Å²) in [7, 11) is 0. The van der Waals surface area contributed by atoms with Gasteiger partial charge < -0.3 is 0 Å². The van der Waals surface area contributed by atoms with Crippen LogP contribution >= 0.6 is 11.8 Å². The summed E-state index contributed by atoms with van der Waals surface area (Å²) in [5.74, 6) is 1.08. The number of hydrogen-bond acceptors (Lipinski definition) is 2. The minimum Gasteiger partial charge on any atom is -0.298 e. The monoisotopic (exact) mass is 276 g/mol. The normalized spacial score (nSPS) is 16.5. The van der Waals surface area contributed by atoms with Crippen LogP contribution in [-0.4, -0.2) is 16.8 Å². The Morgan fingerprint density at radius 3 is 2.42 bits per heavy atom. The van der Waals surface area contributed by atoms with Crippen molar-refractivity contribution in [2.45, 2.75) is 57.6 Å². The first-order chi connectivity index (χ1) is 9.16. The van der Waals surface area contributed by atoms with Crippen molar-refractivity contribution in [3.63, 3.8) is 0 Å². The minimum absolute atomic E-state index is 0.382. The molecule has 1 nitrogen and oxygen atoms in total. The largest absolute Gasteiger partial charge is 0.298 e. The van der Waals surface area contributed by atoms with E-state index in [9.17, 15) is 4.79 Å². The van der Waals surface area contributed by atoms with Gasteiger partial charge in [-0.05, 0) is 43.4 Å². The molecular weight excluding hydrogens is 252 g/mol. The van der Waals surface area contributed by atoms with Gasteiger partial charge in [0, 0.05) is 11.7 Å². The van der Waals surface area contributed by atoms with Gasteiger partial charge in [0.2, 0.25) is 0 Å². The lowest BCUT2D eigenvalue weighted by molar-refractivity contribution is -0.116. The van der Waals surface area contributed by atoms with E-state index < -0.39 is 0 Å². The Labute approximate surface area is 121 Å². The number of carbonyl (C=O) groups excluding carboxylic acids is 1. The van der Waals surface area contributed by atoms with Gasteiger partial charge in [0.15, 0.2) is 0 Å². The van der Waals surface area contributed by atoms with Gasteiger partial charge in [0.1, 0.15) is 5.78 Å². The van der Waals surface area contributed by atoms with Crippen LogP contribution in [0.2, 0.25) is 0 Å². The fraction of sp³-hybridized carbons (Fsp3) is 0.588. The summed E-state index contributed by atoms with van der Waals surface area (Å²) < 4.78 is 0. The van der Waals surface area contributed by atoms with Gasteiger partial charge in [-0.15, -0.1) is 0 Å². The Balaban J connectivity index is 1.83. The molecule has 0 N–H and O–H groups in total. The SMILES string of the molecule is Cc1cccc(C)c1CC(=O)CSC1CCCCC1. The molecule has 0 aromatic heterocycles. The molecule has 1 saturated carbocycles. The van der Waals surface area contributed by atoms with E-state index in [0.29, 0.717) is 18.0 Å². The predicted octanol–water partition coefficient (Wildman–Crippen LogP) is 4.48. The first kappa shape index (κ1) is 14.6. The van der Waals surface area contributed by atoms with Gasteiger partial charge in [0.25, 0.3) is 0 Å². The number of Topliss-reactive ketones (excluding diaryl/α,β-unsaturated/α-hetero) is 1. The Kier molecular flexibility index (Phi) is 5.50. The number of ketones is 1. The van der Waals surface area contributed by atoms with E-state index in [-0.39, 0.29) is 0 Å². The average Bonchev–Trinajstić information content (AvgIpc) is 2.42. The standard InChI is InChI=1S/C17H24OS/c1-13-7-6-8-14(2)17(13)11-15(18)12-19-16-9-4-3-5-10-16/h6-8,16H,3-5,9-12H2,1-2H3. The molecule has 104 valence electrons. The van der Waals surface area contributed by atoms with E-state index >= 15 is 0 Å². The maximum atomic E-state index is 12.1. The van der Waals surface area contributed by atoms with Crippen LogP contribution in [0.1, 0.15) is 48.8 Å². The van der Waals surface area contributed by atoms with E-state index in [2.05, 4.69) is 32.0 Å². The summed E-state index contributed by atoms with van der Waals surface area (Å²) in [5.41, 5.74) is 3.73. The Bertz CT molecular complexity index is 413. The summed E-state index contributed by atoms with van der Waals surface area (Å²) in [6, 6.07) is 6.27. The first-order valence-corrected chi connectivity index (χ1v) is 8.40. The summed E-state index contributed by atoms with van der Waals surface area (Å²) in [6.07, 6.45) is 7.31. The van der Waals surface area contributed by atoms with E-state index in [0.717, 1.165) is 5.25 Å². The molecule has 1 aliphatic rings. The summed E-state index contributed by atoms with van der Waals surface area (Å²) in [4.78, 5) is 12.1. The second-order valence-electron chi connectivity index (χ2n) is 5.66. The van der Waals surface area contributed by atoms with E-state index in [1.54, 1.807) is 0 Å². The van der Waals surface area contributed by atoms with Gasteiger partial charge in [-0.3, -0.25) is 4.79 Å². The van der Waals surface area contributed by atoms with Crippen LogP contribution in [-0.2, 0) is 11.2 Å². The fourth-order valence-corrected chi connectivity index (χ4v) is 4.01. The third-order valence-electron chi connectivity index (χ3n) is 4.05. The highest BCUT2D eigenvalue weighted by atomic mass is 32.2. The van der Waals surface area contributed by atoms with Crippen molar-refractivity contribution < 1.29 is 4.79 Å². The van der Waals surface area contributed by atoms with Crippen molar-refractivity contribution in [2.75, 3.05) is 5.75 Å². The molecule has 0 bridgehead atoms. The average molecular weight is 276 g/mol. The molecule has 0 heterocycles. The van der Waals surface area contributed by atoms with Crippen molar-refractivity contribution >= 4 is 17.5 Å². The molecule has 2 heteroatoms. The van der Waals surface area contributed by atoms with Crippen LogP contribution in [0.25, 0.3) is 0 Å². The number of hydrogen-bond donors (Lipinski definition) is 0. The van der Waals surface area contributed by atoms with E-state index in [1.807, 2.05) is 11.8 Å². The Morgan fingerprint density at radius 1 is 1.16 bits per heavy atom. The lowest BCUT2D eigenvalue weighted by Crippen LogP contribution is -2.14. The lowest BCUT2D eigenvalue weighted by Gasteiger charge is -2.20. The molecule has 1 aliphatic carbocycles. The maximum absolute atomic E-state index is 12.1. The Hall–Kier alpha value is -0.760. The fourth-order valence-electron chi connectivity index (χ4n) is 2.82. The number of rotatable bonds is 5. The summed E-state index contributed by atoms with van der Waals surface area (Å²) in [5, 5.41) is 0.732. The van der Waals surface area contributed by atoms with Gasteiger partial charge in [-0.1, -0.05) is 37.5 Å². The van der Waals surface area contributed by atoms with E-state index in [4.69, 9.17) is 0 Å². The van der Waals surface area contributed by atoms with Crippen LogP contribution in [0.3, 0.4) is 0 Å². The van der Waals surface area contributed by atoms with Gasteiger partial charge in [0.05, 0.1) is 5.75 Å². The van der Waals surface area contributed by atoms with Crippen molar-refractivity contribution in [3.8, 4) is 0 Å². The first-order valence-electron chi connectivity index (χ1n) is 7.35. The van der Waals surface area contributed by atoms with Crippen molar-refractivity contribution in [2.24, 2.45) is 0 Å². The quantitative estimate of drug-likeness (QED) is 0.788. The number of carbonyl (C=O) groups is 1. The molecule has 2 rings (SSSR count). The zero-order valence-corrected chi connectivity index (χ0v) is 12.9. The third kappa shape index (κ3) is 4.38. The van der Waals surface area contributed by atoms with Gasteiger partial charge in [-0.2, -0.15) is 11.8 Å². The number of benzene rings is 1. The molecule has 0 unspecified atom stereocenters. The predicted molar refractivity (Wildman–Crippen MR) is 84.0 cm³/mol. The molecule has 1 fully saturated rings. The molecule has 1 aromatic rings. The summed E-state index contributed by atoms with van der Waals surface area (Å²) in [6.45, 7) is 4.20. The van der Waals surface area contributed by atoms with Crippen molar-refractivity contribution in [3.05, 3.63) is 34.9 Å². The van der Waals surface area contributed by atoms with E-state index in [1.165, 1.54) is 48.8 Å². The second kappa shape index (κ2) is 7.14. The maximum Gasteiger partial charge on any atom is 0.147 e. The molecule has 19 heavy (non-hydrogen) atoms. The van der Waals surface area contributed by atoms with Crippen molar-refractivity contribution in [1.29, 1.82) is 0 Å². The van der Waals surface area contributed by atoms with Crippen LogP contribution in [0.15, 0.2) is 18.2 Å². The molecule has 0 radical (unpaired) electrons. The van der Waals surface area contributed by atoms with Crippen molar-refractivity contribution in [1.82, 2.24) is 0 Å². The second-order valence-corrected chi connectivity index (χ2v) is 6.95. The third-order valence-corrected chi connectivity index (χ3v) is 5.48. The van der Waals surface area contributed by atoms with Crippen LogP contribution in [0.4, 0.5) is 0 Å². The van der Waals surface area contributed by atoms with Gasteiger partial charge >= 0.3 is 0 Å². The smallest absolute Gasteiger partial charge is 0.147 e. The topological polar surface area (TPSA) is 17.1 Å². The molecule has 0 amide bonds. The molecule has 0 atom stereocenters. The zero-order chi connectivity index (χ0) is 13.7. The molecule has 0 aliphatic heterocycles. The number of aryl methyl sites for hydroxylation is 2. The summed E-state index contributed by atoms with van der Waals surface area (Å²) >= 11 is 1.89. The highest BCUT2D eigenvalue weighted by Gasteiger charge is 2.16. The minimum atomic E-state index is 0.382.